The molecule has 0 spiro atoms. The fourth-order valence-electron chi connectivity index (χ4n) is 3.60. The second kappa shape index (κ2) is 6.05. The average molecular weight is 320 g/mol. The van der Waals surface area contributed by atoms with E-state index in [9.17, 15) is 14.7 Å². The molecule has 1 aliphatic heterocycles. The minimum absolute atomic E-state index is 0.0138. The lowest BCUT2D eigenvalue weighted by molar-refractivity contribution is -0.135. The van der Waals surface area contributed by atoms with Crippen LogP contribution in [0.3, 0.4) is 0 Å². The molecule has 2 heterocycles. The Morgan fingerprint density at radius 1 is 1.30 bits per heavy atom. The van der Waals surface area contributed by atoms with Gasteiger partial charge in [-0.25, -0.2) is 4.98 Å². The molecule has 7 nitrogen and oxygen atoms in total. The molecule has 1 aromatic heterocycles. The maximum Gasteiger partial charge on any atom is 0.256 e. The minimum Gasteiger partial charge on any atom is -0.391 e. The molecule has 1 aromatic rings. The molecule has 3 rings (SSSR count). The number of nitrogens with two attached hydrogens (primary N) is 1. The van der Waals surface area contributed by atoms with Gasteiger partial charge in [0.2, 0.25) is 5.91 Å². The number of hydrogen-bond acceptors (Lipinski definition) is 5. The molecule has 0 bridgehead atoms. The number of fused-ring (bicyclic) bond motifs is 1. The van der Waals surface area contributed by atoms with Gasteiger partial charge in [0, 0.05) is 44.1 Å². The number of nitrogens with zero attached hydrogens (tertiary/aromatic N) is 3. The minimum atomic E-state index is -0.593. The lowest BCUT2D eigenvalue weighted by atomic mass is 10.1. The number of aliphatic hydroxyl groups excluding tert-OH is 1. The molecule has 7 heteroatoms. The highest BCUT2D eigenvalue weighted by Gasteiger charge is 2.37. The van der Waals surface area contributed by atoms with Gasteiger partial charge in [0.15, 0.2) is 0 Å². The molecule has 0 unspecified atom stereocenters. The van der Waals surface area contributed by atoms with Gasteiger partial charge < -0.3 is 15.7 Å². The first-order chi connectivity index (χ1) is 10.9. The Hall–Kier alpha value is -1.73. The van der Waals surface area contributed by atoms with Crippen LogP contribution in [0.4, 0.5) is 0 Å². The van der Waals surface area contributed by atoms with E-state index >= 15 is 0 Å². The van der Waals surface area contributed by atoms with Crippen molar-refractivity contribution in [2.45, 2.75) is 44.8 Å². The van der Waals surface area contributed by atoms with Gasteiger partial charge in [-0.2, -0.15) is 0 Å². The zero-order valence-electron chi connectivity index (χ0n) is 13.7. The summed E-state index contributed by atoms with van der Waals surface area (Å²) in [7, 11) is 1.72. The molecule has 2 aliphatic rings. The quantitative estimate of drug-likeness (QED) is 0.699. The lowest BCUT2D eigenvalue weighted by Crippen LogP contribution is -2.37. The van der Waals surface area contributed by atoms with E-state index in [4.69, 9.17) is 5.73 Å². The van der Waals surface area contributed by atoms with Crippen molar-refractivity contribution in [1.29, 1.82) is 0 Å². The first kappa shape index (κ1) is 16.1. The van der Waals surface area contributed by atoms with Crippen LogP contribution < -0.4 is 11.3 Å². The number of aryl methyl sites for hydroxylation is 1. The van der Waals surface area contributed by atoms with Gasteiger partial charge in [0.25, 0.3) is 5.56 Å². The first-order valence-corrected chi connectivity index (χ1v) is 8.16. The van der Waals surface area contributed by atoms with E-state index in [0.717, 1.165) is 11.3 Å². The molecule has 0 saturated heterocycles. The standard InChI is InChI=1S/C16H24N4O3/c1-9-18-13-4-6-20(5-3-11(13)16(23)19(9)2)15(22)10-7-12(17)14(21)8-10/h10,12,14,21H,3-8,17H2,1-2H3/t10-,12+,14+/m0/s1. The van der Waals surface area contributed by atoms with Crippen molar-refractivity contribution in [2.24, 2.45) is 18.7 Å². The zero-order chi connectivity index (χ0) is 16.7. The molecular weight excluding hydrogens is 296 g/mol. The van der Waals surface area contributed by atoms with Gasteiger partial charge in [0.05, 0.1) is 11.8 Å². The summed E-state index contributed by atoms with van der Waals surface area (Å²) >= 11 is 0. The summed E-state index contributed by atoms with van der Waals surface area (Å²) in [5.74, 6) is 0.524. The Balaban J connectivity index is 1.76. The second-order valence-electron chi connectivity index (χ2n) is 6.67. The molecule has 1 fully saturated rings. The van der Waals surface area contributed by atoms with Crippen LogP contribution in [-0.4, -0.2) is 50.7 Å². The molecule has 3 atom stereocenters. The SMILES string of the molecule is Cc1nc2c(c(=O)n1C)CCN(C(=O)[C@H]1C[C@@H](N)[C@H](O)C1)CC2. The number of aromatic nitrogens is 2. The largest absolute Gasteiger partial charge is 0.391 e. The summed E-state index contributed by atoms with van der Waals surface area (Å²) < 4.78 is 1.56. The van der Waals surface area contributed by atoms with E-state index in [1.54, 1.807) is 16.5 Å². The molecule has 1 amide bonds. The summed E-state index contributed by atoms with van der Waals surface area (Å²) in [5.41, 5.74) is 7.33. The van der Waals surface area contributed by atoms with Crippen molar-refractivity contribution in [2.75, 3.05) is 13.1 Å². The smallest absolute Gasteiger partial charge is 0.256 e. The number of hydrogen-bond donors (Lipinski definition) is 2. The van der Waals surface area contributed by atoms with Gasteiger partial charge >= 0.3 is 0 Å². The molecule has 0 aromatic carbocycles. The van der Waals surface area contributed by atoms with Crippen LogP contribution in [0.2, 0.25) is 0 Å². The van der Waals surface area contributed by atoms with Crippen molar-refractivity contribution < 1.29 is 9.90 Å². The van der Waals surface area contributed by atoms with E-state index in [2.05, 4.69) is 4.98 Å². The summed E-state index contributed by atoms with van der Waals surface area (Å²) in [4.78, 5) is 31.4. The Kier molecular flexibility index (Phi) is 4.25. The van der Waals surface area contributed by atoms with Crippen LogP contribution in [0.15, 0.2) is 4.79 Å². The number of carbonyl (C=O) groups excluding carboxylic acids is 1. The number of carbonyl (C=O) groups is 1. The third-order valence-corrected chi connectivity index (χ3v) is 5.18. The normalized spacial score (nSPS) is 27.7. The van der Waals surface area contributed by atoms with E-state index in [-0.39, 0.29) is 23.4 Å². The summed E-state index contributed by atoms with van der Waals surface area (Å²) in [6, 6.07) is -0.315. The monoisotopic (exact) mass is 320 g/mol. The first-order valence-electron chi connectivity index (χ1n) is 8.16. The molecule has 23 heavy (non-hydrogen) atoms. The van der Waals surface area contributed by atoms with Crippen molar-refractivity contribution in [3.63, 3.8) is 0 Å². The summed E-state index contributed by atoms with van der Waals surface area (Å²) in [5, 5.41) is 9.76. The van der Waals surface area contributed by atoms with Crippen molar-refractivity contribution in [3.8, 4) is 0 Å². The van der Waals surface area contributed by atoms with Crippen molar-refractivity contribution >= 4 is 5.91 Å². The Morgan fingerprint density at radius 3 is 2.65 bits per heavy atom. The molecule has 3 N–H and O–H groups in total. The molecule has 1 saturated carbocycles. The van der Waals surface area contributed by atoms with Crippen LogP contribution in [-0.2, 0) is 24.7 Å². The highest BCUT2D eigenvalue weighted by atomic mass is 16.3. The van der Waals surface area contributed by atoms with E-state index < -0.39 is 6.10 Å². The van der Waals surface area contributed by atoms with E-state index in [1.165, 1.54) is 0 Å². The van der Waals surface area contributed by atoms with Crippen LogP contribution in [0.1, 0.15) is 29.9 Å². The van der Waals surface area contributed by atoms with Crippen LogP contribution >= 0.6 is 0 Å². The van der Waals surface area contributed by atoms with Crippen LogP contribution in [0, 0.1) is 12.8 Å². The molecule has 126 valence electrons. The topological polar surface area (TPSA) is 101 Å². The maximum atomic E-state index is 12.7. The molecular formula is C16H24N4O3. The van der Waals surface area contributed by atoms with Gasteiger partial charge in [-0.3, -0.25) is 14.2 Å². The van der Waals surface area contributed by atoms with Gasteiger partial charge in [-0.1, -0.05) is 0 Å². The predicted molar refractivity (Wildman–Crippen MR) is 84.9 cm³/mol. The Bertz CT molecular complexity index is 675. The van der Waals surface area contributed by atoms with Crippen molar-refractivity contribution in [1.82, 2.24) is 14.5 Å². The lowest BCUT2D eigenvalue weighted by Gasteiger charge is -2.23. The Morgan fingerprint density at radius 2 is 2.00 bits per heavy atom. The molecule has 0 radical (unpaired) electrons. The number of rotatable bonds is 1. The summed E-state index contributed by atoms with van der Waals surface area (Å²) in [6.07, 6.45) is 1.50. The third kappa shape index (κ3) is 2.90. The van der Waals surface area contributed by atoms with Crippen LogP contribution in [0.5, 0.6) is 0 Å². The molecule has 1 aliphatic carbocycles. The number of amides is 1. The number of aliphatic hydroxyl groups is 1. The van der Waals surface area contributed by atoms with Gasteiger partial charge in [0.1, 0.15) is 5.82 Å². The average Bonchev–Trinajstić information content (AvgIpc) is 2.73. The third-order valence-electron chi connectivity index (χ3n) is 5.18. The van der Waals surface area contributed by atoms with E-state index in [0.29, 0.717) is 44.6 Å². The second-order valence-corrected chi connectivity index (χ2v) is 6.67. The summed E-state index contributed by atoms with van der Waals surface area (Å²) in [6.45, 7) is 2.90. The van der Waals surface area contributed by atoms with Crippen molar-refractivity contribution in [3.05, 3.63) is 27.4 Å². The van der Waals surface area contributed by atoms with Crippen LogP contribution in [0.25, 0.3) is 0 Å². The van der Waals surface area contributed by atoms with E-state index in [1.807, 2.05) is 6.92 Å². The highest BCUT2D eigenvalue weighted by Crippen LogP contribution is 2.27. The Labute approximate surface area is 135 Å². The predicted octanol–water partition coefficient (Wildman–Crippen LogP) is -0.886. The van der Waals surface area contributed by atoms with Gasteiger partial charge in [-0.05, 0) is 26.2 Å². The maximum absolute atomic E-state index is 12.7. The highest BCUT2D eigenvalue weighted by molar-refractivity contribution is 5.79. The fraction of sp³-hybridized carbons (Fsp3) is 0.688. The zero-order valence-corrected chi connectivity index (χ0v) is 13.7. The fourth-order valence-corrected chi connectivity index (χ4v) is 3.60. The van der Waals surface area contributed by atoms with Gasteiger partial charge in [-0.15, -0.1) is 0 Å².